The highest BCUT2D eigenvalue weighted by Crippen LogP contribution is 2.47. The first-order valence-electron chi connectivity index (χ1n) is 15.4. The van der Waals surface area contributed by atoms with Crippen molar-refractivity contribution in [1.82, 2.24) is 9.55 Å². The van der Waals surface area contributed by atoms with Gasteiger partial charge in [-0.25, -0.2) is 4.98 Å². The molecule has 0 atom stereocenters. The number of benzene rings is 8. The molecule has 0 aliphatic heterocycles. The minimum absolute atomic E-state index is 0.935. The Morgan fingerprint density at radius 3 is 1.62 bits per heavy atom. The Bertz CT molecular complexity index is 2480. The van der Waals surface area contributed by atoms with Crippen LogP contribution in [0.4, 0.5) is 0 Å². The predicted molar refractivity (Wildman–Crippen MR) is 190 cm³/mol. The molecule has 0 radical (unpaired) electrons. The lowest BCUT2D eigenvalue weighted by atomic mass is 9.84. The van der Waals surface area contributed by atoms with Gasteiger partial charge in [-0.3, -0.25) is 4.57 Å². The summed E-state index contributed by atoms with van der Waals surface area (Å²) in [5.41, 5.74) is 9.21. The molecule has 0 bridgehead atoms. The molecule has 0 unspecified atom stereocenters. The molecule has 0 aliphatic rings. The van der Waals surface area contributed by atoms with Crippen LogP contribution in [0.25, 0.3) is 82.7 Å². The van der Waals surface area contributed by atoms with Crippen LogP contribution in [0.1, 0.15) is 0 Å². The maximum absolute atomic E-state index is 5.16. The number of hydrogen-bond acceptors (Lipinski definition) is 1. The van der Waals surface area contributed by atoms with Crippen LogP contribution >= 0.6 is 0 Å². The van der Waals surface area contributed by atoms with Crippen molar-refractivity contribution in [3.05, 3.63) is 170 Å². The van der Waals surface area contributed by atoms with Gasteiger partial charge in [-0.05, 0) is 67.2 Å². The van der Waals surface area contributed by atoms with Crippen LogP contribution in [0.15, 0.2) is 170 Å². The fraction of sp³-hybridized carbons (Fsp3) is 0. The fourth-order valence-corrected chi connectivity index (χ4v) is 7.08. The zero-order valence-electron chi connectivity index (χ0n) is 24.6. The molecule has 8 aromatic carbocycles. The van der Waals surface area contributed by atoms with Crippen LogP contribution in [0.3, 0.4) is 0 Å². The van der Waals surface area contributed by atoms with Gasteiger partial charge in [-0.2, -0.15) is 0 Å². The third-order valence-electron chi connectivity index (χ3n) is 9.00. The minimum atomic E-state index is 0.935. The van der Waals surface area contributed by atoms with Gasteiger partial charge in [0.1, 0.15) is 5.82 Å². The molecular weight excluding hydrogens is 544 g/mol. The summed E-state index contributed by atoms with van der Waals surface area (Å²) in [6.45, 7) is 0. The molecule has 2 heteroatoms. The van der Waals surface area contributed by atoms with E-state index >= 15 is 0 Å². The summed E-state index contributed by atoms with van der Waals surface area (Å²) >= 11 is 0. The zero-order chi connectivity index (χ0) is 29.7. The van der Waals surface area contributed by atoms with Gasteiger partial charge >= 0.3 is 0 Å². The largest absolute Gasteiger partial charge is 0.292 e. The van der Waals surface area contributed by atoms with E-state index in [1.165, 1.54) is 54.6 Å². The zero-order valence-corrected chi connectivity index (χ0v) is 24.6. The molecule has 0 N–H and O–H groups in total. The van der Waals surface area contributed by atoms with Gasteiger partial charge in [0.15, 0.2) is 0 Å². The smallest absolute Gasteiger partial charge is 0.145 e. The summed E-state index contributed by atoms with van der Waals surface area (Å²) in [7, 11) is 0. The molecule has 1 aromatic heterocycles. The molecule has 0 saturated carbocycles. The molecule has 0 amide bonds. The van der Waals surface area contributed by atoms with Crippen molar-refractivity contribution in [3.63, 3.8) is 0 Å². The second-order valence-corrected chi connectivity index (χ2v) is 11.5. The molecule has 9 aromatic rings. The molecule has 0 fully saturated rings. The highest BCUT2D eigenvalue weighted by molar-refractivity contribution is 6.24. The van der Waals surface area contributed by atoms with Crippen molar-refractivity contribution in [2.75, 3.05) is 0 Å². The van der Waals surface area contributed by atoms with Crippen LogP contribution in [0, 0.1) is 0 Å². The Labute approximate surface area is 261 Å². The summed E-state index contributed by atoms with van der Waals surface area (Å²) < 4.78 is 2.34. The third kappa shape index (κ3) is 4.00. The Morgan fingerprint density at radius 1 is 0.378 bits per heavy atom. The Kier molecular flexibility index (Phi) is 5.85. The van der Waals surface area contributed by atoms with E-state index in [2.05, 4.69) is 174 Å². The lowest BCUT2D eigenvalue weighted by Crippen LogP contribution is -2.01. The maximum Gasteiger partial charge on any atom is 0.145 e. The van der Waals surface area contributed by atoms with Gasteiger partial charge in [0.2, 0.25) is 0 Å². The van der Waals surface area contributed by atoms with Gasteiger partial charge in [0.05, 0.1) is 16.7 Å². The van der Waals surface area contributed by atoms with E-state index in [9.17, 15) is 0 Å². The molecule has 1 heterocycles. The van der Waals surface area contributed by atoms with E-state index in [0.717, 1.165) is 28.1 Å². The normalized spacial score (nSPS) is 11.6. The summed E-state index contributed by atoms with van der Waals surface area (Å²) in [4.78, 5) is 5.16. The quantitative estimate of drug-likeness (QED) is 0.192. The first-order valence-corrected chi connectivity index (χ1v) is 15.4. The van der Waals surface area contributed by atoms with E-state index in [0.29, 0.717) is 0 Å². The maximum atomic E-state index is 5.16. The summed E-state index contributed by atoms with van der Waals surface area (Å²) in [6, 6.07) is 60.9. The third-order valence-corrected chi connectivity index (χ3v) is 9.00. The van der Waals surface area contributed by atoms with Crippen LogP contribution < -0.4 is 0 Å². The van der Waals surface area contributed by atoms with Crippen LogP contribution in [0.2, 0.25) is 0 Å². The van der Waals surface area contributed by atoms with E-state index in [1.807, 2.05) is 0 Å². The second kappa shape index (κ2) is 10.3. The summed E-state index contributed by atoms with van der Waals surface area (Å²) in [6.07, 6.45) is 0. The number of aromatic nitrogens is 2. The molecular formula is C43H28N2. The first-order chi connectivity index (χ1) is 22.4. The molecule has 2 nitrogen and oxygen atoms in total. The Morgan fingerprint density at radius 2 is 0.889 bits per heavy atom. The average Bonchev–Trinajstić information content (AvgIpc) is 3.50. The van der Waals surface area contributed by atoms with Gasteiger partial charge < -0.3 is 0 Å². The van der Waals surface area contributed by atoms with E-state index in [4.69, 9.17) is 4.98 Å². The molecule has 0 saturated heterocycles. The van der Waals surface area contributed by atoms with Gasteiger partial charge in [-0.15, -0.1) is 0 Å². The van der Waals surface area contributed by atoms with Crippen LogP contribution in [-0.4, -0.2) is 9.55 Å². The van der Waals surface area contributed by atoms with Crippen LogP contribution in [-0.2, 0) is 0 Å². The number of fused-ring (bicyclic) bond motifs is 4. The molecule has 0 spiro atoms. The van der Waals surface area contributed by atoms with Gasteiger partial charge in [0, 0.05) is 11.1 Å². The lowest BCUT2D eigenvalue weighted by molar-refractivity contribution is 1.10. The minimum Gasteiger partial charge on any atom is -0.292 e. The first kappa shape index (κ1) is 25.5. The Hall–Kier alpha value is -5.99. The molecule has 210 valence electrons. The average molecular weight is 573 g/mol. The summed E-state index contributed by atoms with van der Waals surface area (Å²) in [5, 5.41) is 7.47. The van der Waals surface area contributed by atoms with Crippen molar-refractivity contribution < 1.29 is 0 Å². The Balaban J connectivity index is 1.41. The number of hydrogen-bond donors (Lipinski definition) is 0. The van der Waals surface area contributed by atoms with E-state index < -0.39 is 0 Å². The van der Waals surface area contributed by atoms with Crippen LogP contribution in [0.5, 0.6) is 0 Å². The van der Waals surface area contributed by atoms with E-state index in [1.54, 1.807) is 0 Å². The highest BCUT2D eigenvalue weighted by atomic mass is 15.1. The summed E-state index contributed by atoms with van der Waals surface area (Å²) in [5.74, 6) is 0.935. The lowest BCUT2D eigenvalue weighted by Gasteiger charge is -2.21. The highest BCUT2D eigenvalue weighted by Gasteiger charge is 2.22. The number of imidazole rings is 1. The van der Waals surface area contributed by atoms with Gasteiger partial charge in [-0.1, -0.05) is 152 Å². The SMILES string of the molecule is c1ccc(-c2nc3ccccc3n2-c2ccccc2-c2c3ccccc3c(-c3cccc4ccccc34)c3ccccc23)cc1. The van der Waals surface area contributed by atoms with Crippen molar-refractivity contribution >= 4 is 43.4 Å². The monoisotopic (exact) mass is 572 g/mol. The van der Waals surface area contributed by atoms with Crippen molar-refractivity contribution in [1.29, 1.82) is 0 Å². The van der Waals surface area contributed by atoms with Crippen molar-refractivity contribution in [2.24, 2.45) is 0 Å². The number of para-hydroxylation sites is 3. The second-order valence-electron chi connectivity index (χ2n) is 11.5. The standard InChI is InChI=1S/C43H28N2/c1-2-16-30(17-3-1)43-44-38-26-11-13-28-40(38)45(43)39-27-12-10-24-37(39)42-35-22-8-6-20-33(35)41(34-21-7-9-23-36(34)42)32-25-14-18-29-15-4-5-19-31(29)32/h1-28H. The van der Waals surface area contributed by atoms with Crippen molar-refractivity contribution in [3.8, 4) is 39.3 Å². The predicted octanol–water partition coefficient (Wildman–Crippen LogP) is 11.5. The number of rotatable bonds is 4. The molecule has 0 aliphatic carbocycles. The topological polar surface area (TPSA) is 17.8 Å². The molecule has 45 heavy (non-hydrogen) atoms. The molecule has 9 rings (SSSR count). The number of nitrogens with zero attached hydrogens (tertiary/aromatic N) is 2. The van der Waals surface area contributed by atoms with Gasteiger partial charge in [0.25, 0.3) is 0 Å². The van der Waals surface area contributed by atoms with E-state index in [-0.39, 0.29) is 0 Å². The van der Waals surface area contributed by atoms with Crippen molar-refractivity contribution in [2.45, 2.75) is 0 Å². The fourth-order valence-electron chi connectivity index (χ4n) is 7.08.